The lowest BCUT2D eigenvalue weighted by Gasteiger charge is -2.36. The molecule has 2 aliphatic rings. The van der Waals surface area contributed by atoms with Crippen LogP contribution in [0.2, 0.25) is 0 Å². The zero-order valence-corrected chi connectivity index (χ0v) is 17.1. The number of halogens is 1. The van der Waals surface area contributed by atoms with Crippen LogP contribution in [0.1, 0.15) is 31.1 Å². The van der Waals surface area contributed by atoms with Gasteiger partial charge in [-0.25, -0.2) is 9.18 Å². The Kier molecular flexibility index (Phi) is 5.28. The molecule has 0 bridgehead atoms. The molecule has 2 aromatic carbocycles. The molecule has 31 heavy (non-hydrogen) atoms. The average Bonchev–Trinajstić information content (AvgIpc) is 3.23. The van der Waals surface area contributed by atoms with Crippen LogP contribution in [-0.2, 0) is 0 Å². The highest BCUT2D eigenvalue weighted by molar-refractivity contribution is 5.89. The molecule has 0 spiro atoms. The molecule has 3 aromatic rings. The molecule has 1 saturated heterocycles. The van der Waals surface area contributed by atoms with Crippen molar-refractivity contribution in [3.05, 3.63) is 60.2 Å². The van der Waals surface area contributed by atoms with Crippen LogP contribution in [0.15, 0.2) is 53.1 Å². The lowest BCUT2D eigenvalue weighted by Crippen LogP contribution is -2.50. The fourth-order valence-corrected chi connectivity index (χ4v) is 3.94. The molecule has 0 unspecified atom stereocenters. The fraction of sp³-hybridized carbons (Fsp3) is 0.348. The van der Waals surface area contributed by atoms with E-state index in [4.69, 9.17) is 4.52 Å². The van der Waals surface area contributed by atoms with Crippen LogP contribution >= 0.6 is 0 Å². The number of hydrogen-bond acceptors (Lipinski definition) is 5. The molecule has 1 saturated carbocycles. The van der Waals surface area contributed by atoms with Crippen LogP contribution in [0.4, 0.5) is 20.6 Å². The number of nitrogens with zero attached hydrogens (tertiary/aromatic N) is 4. The minimum atomic E-state index is -0.234. The van der Waals surface area contributed by atoms with Crippen molar-refractivity contribution in [2.75, 3.05) is 36.4 Å². The maximum Gasteiger partial charge on any atom is 0.321 e. The number of benzene rings is 2. The highest BCUT2D eigenvalue weighted by atomic mass is 19.1. The summed E-state index contributed by atoms with van der Waals surface area (Å²) < 4.78 is 19.4. The van der Waals surface area contributed by atoms with Gasteiger partial charge in [-0.1, -0.05) is 23.7 Å². The van der Waals surface area contributed by atoms with Gasteiger partial charge < -0.3 is 19.6 Å². The summed E-state index contributed by atoms with van der Waals surface area (Å²) in [5.74, 6) is 1.46. The van der Waals surface area contributed by atoms with Gasteiger partial charge in [0.1, 0.15) is 5.82 Å². The Balaban J connectivity index is 1.16. The number of nitrogens with one attached hydrogen (secondary N) is 1. The number of para-hydroxylation sites is 1. The van der Waals surface area contributed by atoms with E-state index in [1.807, 2.05) is 35.2 Å². The molecule has 0 radical (unpaired) electrons. The Morgan fingerprint density at radius 1 is 1.03 bits per heavy atom. The number of aromatic nitrogens is 2. The summed E-state index contributed by atoms with van der Waals surface area (Å²) >= 11 is 0. The van der Waals surface area contributed by atoms with E-state index in [2.05, 4.69) is 15.5 Å². The number of urea groups is 1. The number of carbonyl (C=O) groups excluding carboxylic acids is 1. The predicted molar refractivity (Wildman–Crippen MR) is 116 cm³/mol. The molecule has 1 aliphatic carbocycles. The SMILES string of the molecule is O=C(Nc1ccc(-c2noc(C3CCC3)n2)cc1)N1CCN(c2ccccc2F)CC1. The Hall–Kier alpha value is -3.42. The van der Waals surface area contributed by atoms with E-state index in [1.165, 1.54) is 12.5 Å². The molecular weight excluding hydrogens is 397 g/mol. The molecule has 0 atom stereocenters. The topological polar surface area (TPSA) is 74.5 Å². The maximum absolute atomic E-state index is 14.0. The Morgan fingerprint density at radius 2 is 1.77 bits per heavy atom. The first-order valence-corrected chi connectivity index (χ1v) is 10.7. The van der Waals surface area contributed by atoms with Crippen molar-refractivity contribution in [1.29, 1.82) is 0 Å². The van der Waals surface area contributed by atoms with Gasteiger partial charge in [-0.15, -0.1) is 0 Å². The molecule has 2 fully saturated rings. The van der Waals surface area contributed by atoms with Crippen LogP contribution in [-0.4, -0.2) is 47.3 Å². The van der Waals surface area contributed by atoms with E-state index in [0.29, 0.717) is 55.2 Å². The van der Waals surface area contributed by atoms with Gasteiger partial charge in [0.05, 0.1) is 5.69 Å². The van der Waals surface area contributed by atoms with Gasteiger partial charge in [0.25, 0.3) is 0 Å². The van der Waals surface area contributed by atoms with Crippen LogP contribution in [0.25, 0.3) is 11.4 Å². The van der Waals surface area contributed by atoms with Crippen molar-refractivity contribution in [3.63, 3.8) is 0 Å². The van der Waals surface area contributed by atoms with Crippen LogP contribution in [0.3, 0.4) is 0 Å². The van der Waals surface area contributed by atoms with Gasteiger partial charge in [-0.2, -0.15) is 4.98 Å². The molecule has 160 valence electrons. The summed E-state index contributed by atoms with van der Waals surface area (Å²) in [5.41, 5.74) is 2.14. The zero-order valence-electron chi connectivity index (χ0n) is 17.1. The minimum absolute atomic E-state index is 0.159. The lowest BCUT2D eigenvalue weighted by molar-refractivity contribution is 0.208. The van der Waals surface area contributed by atoms with Crippen molar-refractivity contribution < 1.29 is 13.7 Å². The minimum Gasteiger partial charge on any atom is -0.366 e. The third-order valence-electron chi connectivity index (χ3n) is 6.05. The Labute approximate surface area is 179 Å². The zero-order chi connectivity index (χ0) is 21.2. The lowest BCUT2D eigenvalue weighted by atomic mass is 9.85. The van der Waals surface area contributed by atoms with Gasteiger partial charge in [0.15, 0.2) is 0 Å². The van der Waals surface area contributed by atoms with Crippen molar-refractivity contribution in [3.8, 4) is 11.4 Å². The average molecular weight is 421 g/mol. The first-order valence-electron chi connectivity index (χ1n) is 10.7. The number of rotatable bonds is 4. The molecule has 1 N–H and O–H groups in total. The van der Waals surface area contributed by atoms with E-state index >= 15 is 0 Å². The van der Waals surface area contributed by atoms with Crippen molar-refractivity contribution in [1.82, 2.24) is 15.0 Å². The second-order valence-electron chi connectivity index (χ2n) is 8.02. The molecule has 5 rings (SSSR count). The van der Waals surface area contributed by atoms with Gasteiger partial charge >= 0.3 is 6.03 Å². The smallest absolute Gasteiger partial charge is 0.321 e. The predicted octanol–water partition coefficient (Wildman–Crippen LogP) is 4.50. The monoisotopic (exact) mass is 421 g/mol. The number of piperazine rings is 1. The molecule has 1 aromatic heterocycles. The largest absolute Gasteiger partial charge is 0.366 e. The molecule has 2 amide bonds. The molecule has 7 nitrogen and oxygen atoms in total. The summed E-state index contributed by atoms with van der Waals surface area (Å²) in [6, 6.07) is 14.0. The highest BCUT2D eigenvalue weighted by Gasteiger charge is 2.26. The summed E-state index contributed by atoms with van der Waals surface area (Å²) in [6.07, 6.45) is 3.44. The maximum atomic E-state index is 14.0. The van der Waals surface area contributed by atoms with Crippen LogP contribution in [0, 0.1) is 5.82 Å². The van der Waals surface area contributed by atoms with Gasteiger partial charge in [-0.3, -0.25) is 0 Å². The quantitative estimate of drug-likeness (QED) is 0.672. The normalized spacial score (nSPS) is 16.8. The molecule has 8 heteroatoms. The summed E-state index contributed by atoms with van der Waals surface area (Å²) in [7, 11) is 0. The van der Waals surface area contributed by atoms with Crippen molar-refractivity contribution >= 4 is 17.4 Å². The van der Waals surface area contributed by atoms with E-state index in [9.17, 15) is 9.18 Å². The third-order valence-corrected chi connectivity index (χ3v) is 6.05. The number of amides is 2. The van der Waals surface area contributed by atoms with Crippen LogP contribution in [0.5, 0.6) is 0 Å². The molecule has 1 aliphatic heterocycles. The van der Waals surface area contributed by atoms with E-state index < -0.39 is 0 Å². The van der Waals surface area contributed by atoms with Crippen molar-refractivity contribution in [2.45, 2.75) is 25.2 Å². The third kappa shape index (κ3) is 4.10. The number of carbonyl (C=O) groups is 1. The Bertz CT molecular complexity index is 1060. The highest BCUT2D eigenvalue weighted by Crippen LogP contribution is 2.36. The summed E-state index contributed by atoms with van der Waals surface area (Å²) in [5, 5.41) is 7.01. The first kappa shape index (κ1) is 19.5. The number of hydrogen-bond donors (Lipinski definition) is 1. The molecule has 2 heterocycles. The van der Waals surface area contributed by atoms with Gasteiger partial charge in [0.2, 0.25) is 11.7 Å². The second-order valence-corrected chi connectivity index (χ2v) is 8.02. The van der Waals surface area contributed by atoms with E-state index in [0.717, 1.165) is 18.4 Å². The Morgan fingerprint density at radius 3 is 2.45 bits per heavy atom. The first-order chi connectivity index (χ1) is 15.2. The summed E-state index contributed by atoms with van der Waals surface area (Å²) in [6.45, 7) is 2.25. The molecular formula is C23H24FN5O2. The van der Waals surface area contributed by atoms with Gasteiger partial charge in [-0.05, 0) is 49.2 Å². The fourth-order valence-electron chi connectivity index (χ4n) is 3.94. The summed E-state index contributed by atoms with van der Waals surface area (Å²) in [4.78, 5) is 20.8. The van der Waals surface area contributed by atoms with Crippen LogP contribution < -0.4 is 10.2 Å². The standard InChI is InChI=1S/C23H24FN5O2/c24-19-6-1-2-7-20(19)28-12-14-29(15-13-28)23(30)25-18-10-8-16(9-11-18)21-26-22(31-27-21)17-4-3-5-17/h1-2,6-11,17H,3-5,12-15H2,(H,25,30). The van der Waals surface area contributed by atoms with Crippen molar-refractivity contribution in [2.24, 2.45) is 0 Å². The van der Waals surface area contributed by atoms with Gasteiger partial charge in [0, 0.05) is 43.3 Å². The van der Waals surface area contributed by atoms with E-state index in [-0.39, 0.29) is 11.8 Å². The second kappa shape index (κ2) is 8.37. The number of anilines is 2. The van der Waals surface area contributed by atoms with E-state index in [1.54, 1.807) is 17.0 Å².